The van der Waals surface area contributed by atoms with Gasteiger partial charge in [0.25, 0.3) is 5.91 Å². The molecule has 47 heavy (non-hydrogen) atoms. The predicted octanol–water partition coefficient (Wildman–Crippen LogP) is 5.38. The number of sulfonamides is 1. The number of halogens is 2. The van der Waals surface area contributed by atoms with Gasteiger partial charge in [-0.3, -0.25) is 14.0 Å². The molecule has 1 heterocycles. The zero-order valence-corrected chi connectivity index (χ0v) is 29.2. The van der Waals surface area contributed by atoms with Crippen molar-refractivity contribution in [2.24, 2.45) is 0 Å². The van der Waals surface area contributed by atoms with E-state index in [1.54, 1.807) is 20.8 Å². The number of nitrogens with one attached hydrogen (secondary N) is 1. The molecule has 16 heteroatoms. The van der Waals surface area contributed by atoms with E-state index in [9.17, 15) is 40.4 Å². The Balaban J connectivity index is 1.79. The van der Waals surface area contributed by atoms with Gasteiger partial charge in [0.1, 0.15) is 24.4 Å². The highest BCUT2D eigenvalue weighted by Gasteiger charge is 2.34. The van der Waals surface area contributed by atoms with Gasteiger partial charge < -0.3 is 19.9 Å². The Morgan fingerprint density at radius 1 is 0.979 bits per heavy atom. The lowest BCUT2D eigenvalue weighted by Gasteiger charge is -2.47. The van der Waals surface area contributed by atoms with Gasteiger partial charge in [-0.2, -0.15) is 0 Å². The summed E-state index contributed by atoms with van der Waals surface area (Å²) >= 11 is 0. The molecule has 1 aliphatic rings. The number of ether oxygens (including phenoxy) is 1. The molecule has 12 nitrogen and oxygen atoms in total. The number of amides is 2. The van der Waals surface area contributed by atoms with Crippen LogP contribution in [0.5, 0.6) is 0 Å². The molecule has 1 aliphatic heterocycles. The van der Waals surface area contributed by atoms with Gasteiger partial charge in [0.05, 0.1) is 41.2 Å². The summed E-state index contributed by atoms with van der Waals surface area (Å²) in [6, 6.07) is 9.54. The van der Waals surface area contributed by atoms with Gasteiger partial charge in [-0.15, -0.1) is 0 Å². The average molecular weight is 703 g/mol. The van der Waals surface area contributed by atoms with E-state index < -0.39 is 48.0 Å². The van der Waals surface area contributed by atoms with Crippen LogP contribution in [0.1, 0.15) is 63.7 Å². The number of quaternary nitrogens is 1. The normalized spacial score (nSPS) is 15.6. The summed E-state index contributed by atoms with van der Waals surface area (Å²) in [5.74, 6) is -3.75. The molecule has 0 saturated carbocycles. The van der Waals surface area contributed by atoms with E-state index in [2.05, 4.69) is 5.32 Å². The van der Waals surface area contributed by atoms with Gasteiger partial charge >= 0.3 is 6.09 Å². The highest BCUT2D eigenvalue weighted by molar-refractivity contribution is 7.92. The van der Waals surface area contributed by atoms with E-state index in [4.69, 9.17) is 4.74 Å². The highest BCUT2D eigenvalue weighted by atomic mass is 32.2. The van der Waals surface area contributed by atoms with Crippen molar-refractivity contribution in [3.8, 4) is 0 Å². The summed E-state index contributed by atoms with van der Waals surface area (Å²) in [7, 11) is -6.22. The number of sulfone groups is 1. The largest absolute Gasteiger partial charge is 0.627 e. The lowest BCUT2D eigenvalue weighted by Crippen LogP contribution is -2.58. The smallest absolute Gasteiger partial charge is 0.410 e. The maximum Gasteiger partial charge on any atom is 0.410 e. The van der Waals surface area contributed by atoms with Crippen molar-refractivity contribution < 1.29 is 39.9 Å². The third kappa shape index (κ3) is 10.8. The van der Waals surface area contributed by atoms with Crippen LogP contribution in [0.2, 0.25) is 0 Å². The second-order valence-corrected chi connectivity index (χ2v) is 17.0. The molecule has 0 bridgehead atoms. The van der Waals surface area contributed by atoms with Crippen molar-refractivity contribution in [1.29, 1.82) is 0 Å². The van der Waals surface area contributed by atoms with Gasteiger partial charge in [-0.05, 0) is 70.9 Å². The van der Waals surface area contributed by atoms with Gasteiger partial charge in [0.15, 0.2) is 9.84 Å². The molecule has 0 atom stereocenters. The first-order valence-corrected chi connectivity index (χ1v) is 18.7. The summed E-state index contributed by atoms with van der Waals surface area (Å²) in [5, 5.41) is 16.5. The molecule has 2 amide bonds. The first-order chi connectivity index (χ1) is 21.5. The molecule has 1 fully saturated rings. The molecule has 262 valence electrons. The van der Waals surface area contributed by atoms with E-state index in [-0.39, 0.29) is 78.7 Å². The number of carbonyl (C=O) groups excluding carboxylic acids is 2. The van der Waals surface area contributed by atoms with Gasteiger partial charge in [-0.25, -0.2) is 30.4 Å². The summed E-state index contributed by atoms with van der Waals surface area (Å²) in [6.45, 7) is 6.21. The Hall–Kier alpha value is -3.34. The van der Waals surface area contributed by atoms with Crippen LogP contribution in [0.3, 0.4) is 0 Å². The molecule has 1 N–H and O–H groups in total. The number of nitrogens with zero attached hydrogens (tertiary/aromatic N) is 3. The lowest BCUT2D eigenvalue weighted by atomic mass is 10.1. The second kappa shape index (κ2) is 14.4. The molecule has 2 aromatic carbocycles. The zero-order chi connectivity index (χ0) is 35.4. The van der Waals surface area contributed by atoms with E-state index in [1.807, 2.05) is 0 Å². The van der Waals surface area contributed by atoms with Crippen LogP contribution in [0.4, 0.5) is 30.6 Å². The second-order valence-electron chi connectivity index (χ2n) is 12.9. The molecule has 1 saturated heterocycles. The number of unbranched alkanes of at least 4 members (excludes halogenated alkanes) is 2. The molecule has 0 aliphatic carbocycles. The summed E-state index contributed by atoms with van der Waals surface area (Å²) in [5.41, 5.74) is -0.377. The number of hydroxylamine groups is 2. The van der Waals surface area contributed by atoms with Crippen LogP contribution in [0.15, 0.2) is 47.4 Å². The van der Waals surface area contributed by atoms with Crippen molar-refractivity contribution in [1.82, 2.24) is 9.55 Å². The standard InChI is InChI=1S/C31H44F2N4O8S2/c1-30(2,3)45-29(39)36-17-19-37(40,20-18-36)24-12-15-27(35(5)46(6,41)42)26(22-24)28(38)34-23-10-13-25(14-11-23)47(43,44)21-9-7-8-16-31(4,32)33/h10-15,22H,7-9,16-21H2,1-6H3,(H,34,38). The Bertz CT molecular complexity index is 1650. The molecule has 0 spiro atoms. The van der Waals surface area contributed by atoms with Crippen molar-refractivity contribution in [2.45, 2.75) is 69.8 Å². The summed E-state index contributed by atoms with van der Waals surface area (Å²) < 4.78 is 81.7. The van der Waals surface area contributed by atoms with Crippen LogP contribution in [-0.2, 0) is 24.6 Å². The maximum atomic E-state index is 13.9. The number of hydrogen-bond acceptors (Lipinski definition) is 8. The topological polar surface area (TPSA) is 153 Å². The number of carbonyl (C=O) groups is 2. The third-order valence-electron chi connectivity index (χ3n) is 7.65. The van der Waals surface area contributed by atoms with E-state index in [0.717, 1.165) is 17.5 Å². The van der Waals surface area contributed by atoms with Crippen LogP contribution < -0.4 is 14.3 Å². The Labute approximate surface area is 275 Å². The third-order valence-corrected chi connectivity index (χ3v) is 10.7. The molecule has 0 radical (unpaired) electrons. The van der Waals surface area contributed by atoms with Gasteiger partial charge in [0.2, 0.25) is 15.9 Å². The average Bonchev–Trinajstić information content (AvgIpc) is 2.95. The molecule has 3 rings (SSSR count). The molecule has 0 unspecified atom stereocenters. The number of anilines is 2. The maximum absolute atomic E-state index is 13.9. The predicted molar refractivity (Wildman–Crippen MR) is 178 cm³/mol. The fourth-order valence-corrected chi connectivity index (χ4v) is 6.82. The molecular formula is C31H44F2N4O8S2. The Kier molecular flexibility index (Phi) is 11.7. The van der Waals surface area contributed by atoms with E-state index >= 15 is 0 Å². The SMILES string of the molecule is CN(c1ccc([N+]2([O-])CCN(C(=O)OC(C)(C)C)CC2)cc1C(=O)Nc1ccc(S(=O)(=O)CCCCCC(C)(F)F)cc1)S(C)(=O)=O. The van der Waals surface area contributed by atoms with Crippen LogP contribution in [0.25, 0.3) is 0 Å². The number of benzene rings is 2. The first-order valence-electron chi connectivity index (χ1n) is 15.2. The highest BCUT2D eigenvalue weighted by Crippen LogP contribution is 2.32. The summed E-state index contributed by atoms with van der Waals surface area (Å²) in [6.07, 6.45) is 0.894. The lowest BCUT2D eigenvalue weighted by molar-refractivity contribution is 0.0104. The first kappa shape index (κ1) is 38.1. The van der Waals surface area contributed by atoms with Crippen molar-refractivity contribution in [3.05, 3.63) is 53.2 Å². The molecule has 0 aromatic heterocycles. The monoisotopic (exact) mass is 702 g/mol. The quantitative estimate of drug-likeness (QED) is 0.176. The minimum absolute atomic E-state index is 0.000799. The van der Waals surface area contributed by atoms with Gasteiger partial charge in [-0.1, -0.05) is 6.42 Å². The number of hydrogen-bond donors (Lipinski definition) is 1. The fourth-order valence-electron chi connectivity index (χ4n) is 4.93. The fraction of sp³-hybridized carbons (Fsp3) is 0.548. The molecule has 2 aromatic rings. The molecular weight excluding hydrogens is 658 g/mol. The Morgan fingerprint density at radius 3 is 2.11 bits per heavy atom. The van der Waals surface area contributed by atoms with Crippen molar-refractivity contribution >= 4 is 48.9 Å². The number of piperazine rings is 1. The van der Waals surface area contributed by atoms with E-state index in [1.165, 1.54) is 54.4 Å². The summed E-state index contributed by atoms with van der Waals surface area (Å²) in [4.78, 5) is 27.5. The Morgan fingerprint density at radius 2 is 1.57 bits per heavy atom. The minimum Gasteiger partial charge on any atom is -0.627 e. The minimum atomic E-state index is -3.80. The number of alkyl halides is 2. The zero-order valence-electron chi connectivity index (χ0n) is 27.6. The van der Waals surface area contributed by atoms with Crippen LogP contribution in [0, 0.1) is 5.21 Å². The van der Waals surface area contributed by atoms with Crippen LogP contribution in [-0.4, -0.2) is 90.5 Å². The van der Waals surface area contributed by atoms with E-state index in [0.29, 0.717) is 6.42 Å². The van der Waals surface area contributed by atoms with Crippen molar-refractivity contribution in [2.75, 3.05) is 54.9 Å². The number of rotatable bonds is 12. The van der Waals surface area contributed by atoms with Crippen molar-refractivity contribution in [3.63, 3.8) is 0 Å². The van der Waals surface area contributed by atoms with Crippen LogP contribution >= 0.6 is 0 Å². The van der Waals surface area contributed by atoms with Gasteiger partial charge in [0, 0.05) is 31.3 Å².